The smallest absolute Gasteiger partial charge is 0.231 e. The van der Waals surface area contributed by atoms with Crippen molar-refractivity contribution in [3.8, 4) is 23.0 Å². The zero-order valence-corrected chi connectivity index (χ0v) is 18.0. The van der Waals surface area contributed by atoms with Gasteiger partial charge in [-0.25, -0.2) is 0 Å². The lowest BCUT2D eigenvalue weighted by Crippen LogP contribution is -1.99. The van der Waals surface area contributed by atoms with Gasteiger partial charge in [0, 0.05) is 11.6 Å². The fourth-order valence-electron chi connectivity index (χ4n) is 3.47. The van der Waals surface area contributed by atoms with Gasteiger partial charge in [-0.3, -0.25) is 4.79 Å². The van der Waals surface area contributed by atoms with E-state index in [9.17, 15) is 4.79 Å². The molecule has 3 aromatic carbocycles. The summed E-state index contributed by atoms with van der Waals surface area (Å²) in [7, 11) is 3.17. The van der Waals surface area contributed by atoms with Crippen LogP contribution in [0.1, 0.15) is 32.6 Å². The average Bonchev–Trinajstić information content (AvgIpc) is 3.08. The molecule has 0 radical (unpaired) electrons. The molecule has 1 heterocycles. The topological polar surface area (TPSA) is 54.0 Å². The number of ether oxygens (including phenoxy) is 4. The van der Waals surface area contributed by atoms with E-state index in [-0.39, 0.29) is 11.5 Å². The maximum Gasteiger partial charge on any atom is 0.231 e. The van der Waals surface area contributed by atoms with Crippen LogP contribution in [0.4, 0.5) is 0 Å². The maximum absolute atomic E-state index is 12.8. The summed E-state index contributed by atoms with van der Waals surface area (Å²) in [4.78, 5) is 12.8. The van der Waals surface area contributed by atoms with Gasteiger partial charge in [0.25, 0.3) is 0 Å². The fraction of sp³-hybridized carbons (Fsp3) is 0.192. The third-order valence-electron chi connectivity index (χ3n) is 5.26. The molecule has 0 saturated heterocycles. The lowest BCUT2D eigenvalue weighted by Gasteiger charge is -2.10. The van der Waals surface area contributed by atoms with Crippen molar-refractivity contribution in [3.63, 3.8) is 0 Å². The Labute approximate surface area is 181 Å². The number of carbonyl (C=O) groups excluding carboxylic acids is 1. The standard InChI is InChI=1S/C26H24O5/c1-16-5-6-17(2)19(11-16)15-30-21-7-9-22-24(14-21)31-25(26(22)27)13-18-12-20(28-3)8-10-23(18)29-4/h5-14H,15H2,1-4H3. The maximum atomic E-state index is 12.8. The Morgan fingerprint density at radius 3 is 2.48 bits per heavy atom. The van der Waals surface area contributed by atoms with Crippen molar-refractivity contribution in [1.82, 2.24) is 0 Å². The number of ketones is 1. The second-order valence-corrected chi connectivity index (χ2v) is 7.42. The summed E-state index contributed by atoms with van der Waals surface area (Å²) in [6.07, 6.45) is 1.67. The zero-order valence-electron chi connectivity index (χ0n) is 18.0. The van der Waals surface area contributed by atoms with Crippen molar-refractivity contribution in [2.24, 2.45) is 0 Å². The van der Waals surface area contributed by atoms with E-state index in [0.717, 1.165) is 5.56 Å². The molecule has 0 fully saturated rings. The van der Waals surface area contributed by atoms with Crippen molar-refractivity contribution >= 4 is 11.9 Å². The molecule has 0 atom stereocenters. The van der Waals surface area contributed by atoms with Gasteiger partial charge in [0.05, 0.1) is 19.8 Å². The molecule has 5 heteroatoms. The normalized spacial score (nSPS) is 13.7. The van der Waals surface area contributed by atoms with Gasteiger partial charge in [0.1, 0.15) is 29.6 Å². The Hall–Kier alpha value is -3.73. The van der Waals surface area contributed by atoms with Crippen molar-refractivity contribution in [3.05, 3.63) is 88.2 Å². The minimum Gasteiger partial charge on any atom is -0.497 e. The lowest BCUT2D eigenvalue weighted by atomic mass is 10.1. The summed E-state index contributed by atoms with van der Waals surface area (Å²) in [5.41, 5.74) is 4.70. The predicted octanol–water partition coefficient (Wildman–Crippen LogP) is 5.52. The molecule has 158 valence electrons. The minimum absolute atomic E-state index is 0.180. The van der Waals surface area contributed by atoms with Gasteiger partial charge >= 0.3 is 0 Å². The fourth-order valence-corrected chi connectivity index (χ4v) is 3.47. The van der Waals surface area contributed by atoms with Crippen LogP contribution in [0.25, 0.3) is 6.08 Å². The highest BCUT2D eigenvalue weighted by Gasteiger charge is 2.28. The summed E-state index contributed by atoms with van der Waals surface area (Å²) in [5.74, 6) is 2.47. The number of rotatable bonds is 6. The first kappa shape index (κ1) is 20.5. The van der Waals surface area contributed by atoms with Crippen LogP contribution in [0, 0.1) is 13.8 Å². The molecule has 1 aliphatic heterocycles. The van der Waals surface area contributed by atoms with Gasteiger partial charge in [-0.1, -0.05) is 23.8 Å². The van der Waals surface area contributed by atoms with Crippen LogP contribution in [-0.2, 0) is 6.61 Å². The first-order valence-electron chi connectivity index (χ1n) is 9.97. The molecule has 0 amide bonds. The number of methoxy groups -OCH3 is 2. The number of benzene rings is 3. The first-order valence-corrected chi connectivity index (χ1v) is 9.97. The average molecular weight is 416 g/mol. The number of carbonyl (C=O) groups is 1. The molecule has 0 saturated carbocycles. The van der Waals surface area contributed by atoms with Crippen LogP contribution in [0.2, 0.25) is 0 Å². The van der Waals surface area contributed by atoms with E-state index in [2.05, 4.69) is 32.0 Å². The Kier molecular flexibility index (Phi) is 5.67. The van der Waals surface area contributed by atoms with E-state index < -0.39 is 0 Å². The van der Waals surface area contributed by atoms with E-state index in [1.165, 1.54) is 11.1 Å². The summed E-state index contributed by atoms with van der Waals surface area (Å²) >= 11 is 0. The largest absolute Gasteiger partial charge is 0.497 e. The third kappa shape index (κ3) is 4.26. The van der Waals surface area contributed by atoms with Gasteiger partial charge in [-0.15, -0.1) is 0 Å². The lowest BCUT2D eigenvalue weighted by molar-refractivity contribution is 0.101. The second-order valence-electron chi connectivity index (χ2n) is 7.42. The minimum atomic E-state index is -0.180. The Balaban J connectivity index is 1.56. The first-order chi connectivity index (χ1) is 15.0. The van der Waals surface area contributed by atoms with Crippen molar-refractivity contribution < 1.29 is 23.7 Å². The summed E-state index contributed by atoms with van der Waals surface area (Å²) in [6.45, 7) is 4.57. The predicted molar refractivity (Wildman–Crippen MR) is 119 cm³/mol. The highest BCUT2D eigenvalue weighted by atomic mass is 16.5. The molecule has 0 aliphatic carbocycles. The molecule has 1 aliphatic rings. The van der Waals surface area contributed by atoms with Gasteiger partial charge in [0.15, 0.2) is 5.76 Å². The molecule has 0 spiro atoms. The molecule has 0 N–H and O–H groups in total. The van der Waals surface area contributed by atoms with E-state index >= 15 is 0 Å². The monoisotopic (exact) mass is 416 g/mol. The highest BCUT2D eigenvalue weighted by Crippen LogP contribution is 2.36. The quantitative estimate of drug-likeness (QED) is 0.496. The van der Waals surface area contributed by atoms with E-state index in [0.29, 0.717) is 40.7 Å². The van der Waals surface area contributed by atoms with Crippen LogP contribution in [0.15, 0.2) is 60.4 Å². The molecule has 0 bridgehead atoms. The Morgan fingerprint density at radius 2 is 1.71 bits per heavy atom. The molecule has 3 aromatic rings. The van der Waals surface area contributed by atoms with Gasteiger partial charge < -0.3 is 18.9 Å². The highest BCUT2D eigenvalue weighted by molar-refractivity contribution is 6.14. The number of hydrogen-bond donors (Lipinski definition) is 0. The van der Waals surface area contributed by atoms with E-state index in [4.69, 9.17) is 18.9 Å². The molecule has 5 nitrogen and oxygen atoms in total. The number of Topliss-reactive ketones (excluding diaryl/α,β-unsaturated/α-hetero) is 1. The summed E-state index contributed by atoms with van der Waals surface area (Å²) in [5, 5.41) is 0. The van der Waals surface area contributed by atoms with Crippen LogP contribution < -0.4 is 18.9 Å². The summed E-state index contributed by atoms with van der Waals surface area (Å²) < 4.78 is 22.5. The van der Waals surface area contributed by atoms with Gasteiger partial charge in [-0.2, -0.15) is 0 Å². The molecular formula is C26H24O5. The van der Waals surface area contributed by atoms with Gasteiger partial charge in [-0.05, 0) is 61.4 Å². The van der Waals surface area contributed by atoms with Crippen LogP contribution in [0.3, 0.4) is 0 Å². The number of aryl methyl sites for hydroxylation is 2. The molecule has 31 heavy (non-hydrogen) atoms. The van der Waals surface area contributed by atoms with Crippen LogP contribution >= 0.6 is 0 Å². The second kappa shape index (κ2) is 8.56. The number of fused-ring (bicyclic) bond motifs is 1. The van der Waals surface area contributed by atoms with E-state index in [1.54, 1.807) is 56.7 Å². The van der Waals surface area contributed by atoms with Crippen LogP contribution in [0.5, 0.6) is 23.0 Å². The molecule has 0 unspecified atom stereocenters. The Bertz CT molecular complexity index is 1180. The number of hydrogen-bond acceptors (Lipinski definition) is 5. The summed E-state index contributed by atoms with van der Waals surface area (Å²) in [6, 6.07) is 16.9. The zero-order chi connectivity index (χ0) is 22.0. The third-order valence-corrected chi connectivity index (χ3v) is 5.26. The van der Waals surface area contributed by atoms with Crippen LogP contribution in [-0.4, -0.2) is 20.0 Å². The number of allylic oxidation sites excluding steroid dienone is 1. The van der Waals surface area contributed by atoms with Crippen molar-refractivity contribution in [2.45, 2.75) is 20.5 Å². The van der Waals surface area contributed by atoms with E-state index in [1.807, 2.05) is 0 Å². The van der Waals surface area contributed by atoms with Crippen molar-refractivity contribution in [2.75, 3.05) is 14.2 Å². The Morgan fingerprint density at radius 1 is 0.903 bits per heavy atom. The SMILES string of the molecule is COc1ccc(OC)c(C=C2Oc3cc(OCc4cc(C)ccc4C)ccc3C2=O)c1. The molecule has 0 aromatic heterocycles. The molecular weight excluding hydrogens is 392 g/mol. The van der Waals surface area contributed by atoms with Gasteiger partial charge in [0.2, 0.25) is 5.78 Å². The molecule has 4 rings (SSSR count). The van der Waals surface area contributed by atoms with Crippen molar-refractivity contribution in [1.29, 1.82) is 0 Å².